The van der Waals surface area contributed by atoms with Crippen LogP contribution in [0.3, 0.4) is 0 Å². The van der Waals surface area contributed by atoms with E-state index in [0.717, 1.165) is 25.2 Å². The van der Waals surface area contributed by atoms with E-state index in [-0.39, 0.29) is 36.3 Å². The van der Waals surface area contributed by atoms with E-state index in [1.54, 1.807) is 0 Å². The van der Waals surface area contributed by atoms with Crippen LogP contribution in [-0.2, 0) is 16.4 Å². The van der Waals surface area contributed by atoms with E-state index >= 15 is 0 Å². The number of piperazine rings is 1. The first-order valence-corrected chi connectivity index (χ1v) is 9.53. The molecule has 8 nitrogen and oxygen atoms in total. The monoisotopic (exact) mass is 423 g/mol. The lowest BCUT2D eigenvalue weighted by atomic mass is 10.2. The zero-order valence-electron chi connectivity index (χ0n) is 14.5. The van der Waals surface area contributed by atoms with E-state index in [9.17, 15) is 17.2 Å². The minimum atomic E-state index is -3.96. The van der Waals surface area contributed by atoms with Gasteiger partial charge in [0.05, 0.1) is 10.9 Å². The third-order valence-electron chi connectivity index (χ3n) is 4.13. The minimum Gasteiger partial charge on any atom is -0.339 e. The van der Waals surface area contributed by atoms with Crippen molar-refractivity contribution in [2.75, 3.05) is 33.2 Å². The molecule has 27 heavy (non-hydrogen) atoms. The second-order valence-electron chi connectivity index (χ2n) is 5.97. The average Bonchev–Trinajstić information content (AvgIpc) is 3.06. The molecule has 2 aromatic rings. The lowest BCUT2D eigenvalue weighted by Crippen LogP contribution is -2.44. The molecule has 1 fully saturated rings. The van der Waals surface area contributed by atoms with E-state index < -0.39 is 21.7 Å². The maximum atomic E-state index is 13.2. The van der Waals surface area contributed by atoms with E-state index in [4.69, 9.17) is 4.52 Å². The smallest absolute Gasteiger partial charge is 0.240 e. The fourth-order valence-electron chi connectivity index (χ4n) is 2.62. The second-order valence-corrected chi connectivity index (χ2v) is 7.74. The van der Waals surface area contributed by atoms with Crippen molar-refractivity contribution in [2.45, 2.75) is 17.4 Å². The molecule has 0 spiro atoms. The fraction of sp³-hybridized carbons (Fsp3) is 0.467. The van der Waals surface area contributed by atoms with Crippen molar-refractivity contribution in [3.05, 3.63) is 41.5 Å². The largest absolute Gasteiger partial charge is 0.339 e. The molecule has 1 unspecified atom stereocenters. The highest BCUT2D eigenvalue weighted by Crippen LogP contribution is 2.18. The summed E-state index contributed by atoms with van der Waals surface area (Å²) < 4.78 is 57.8. The Labute approximate surface area is 161 Å². The zero-order chi connectivity index (χ0) is 18.7. The molecule has 0 aliphatic carbocycles. The van der Waals surface area contributed by atoms with Gasteiger partial charge >= 0.3 is 0 Å². The Hall–Kier alpha value is -1.66. The van der Waals surface area contributed by atoms with Gasteiger partial charge in [-0.25, -0.2) is 21.9 Å². The van der Waals surface area contributed by atoms with Crippen molar-refractivity contribution < 1.29 is 21.7 Å². The Morgan fingerprint density at radius 1 is 1.37 bits per heavy atom. The average molecular weight is 424 g/mol. The number of hydrogen-bond acceptors (Lipinski definition) is 7. The van der Waals surface area contributed by atoms with Crippen LogP contribution >= 0.6 is 12.4 Å². The van der Waals surface area contributed by atoms with E-state index in [1.165, 1.54) is 0 Å². The molecule has 0 bridgehead atoms. The molecule has 2 heterocycles. The number of likely N-dealkylation sites (N-methyl/N-ethyl adjacent to an activating group) is 1. The van der Waals surface area contributed by atoms with E-state index in [1.807, 2.05) is 7.05 Å². The molecule has 1 atom stereocenters. The number of halogens is 3. The molecule has 1 aromatic heterocycles. The summed E-state index contributed by atoms with van der Waals surface area (Å²) in [5, 5.41) is 7.20. The van der Waals surface area contributed by atoms with Gasteiger partial charge in [0.2, 0.25) is 15.9 Å². The second kappa shape index (κ2) is 9.02. The maximum absolute atomic E-state index is 13.2. The summed E-state index contributed by atoms with van der Waals surface area (Å²) in [4.78, 5) is 6.06. The lowest BCUT2D eigenvalue weighted by molar-refractivity contribution is 0.190. The number of hydrogen-bond donors (Lipinski definition) is 2. The Bertz CT molecular complexity index is 880. The van der Waals surface area contributed by atoms with Gasteiger partial charge < -0.3 is 9.84 Å². The normalized spacial score (nSPS) is 18.3. The van der Waals surface area contributed by atoms with Gasteiger partial charge in [0, 0.05) is 32.6 Å². The minimum absolute atomic E-state index is 0. The quantitative estimate of drug-likeness (QED) is 0.710. The van der Waals surface area contributed by atoms with Crippen LogP contribution in [0.4, 0.5) is 8.78 Å². The number of benzene rings is 1. The van der Waals surface area contributed by atoms with Crippen LogP contribution in [0.5, 0.6) is 0 Å². The summed E-state index contributed by atoms with van der Waals surface area (Å²) in [5.74, 6) is -1.49. The molecule has 0 saturated carbocycles. The highest BCUT2D eigenvalue weighted by atomic mass is 35.5. The van der Waals surface area contributed by atoms with Crippen molar-refractivity contribution >= 4 is 22.4 Å². The van der Waals surface area contributed by atoms with Gasteiger partial charge in [0.1, 0.15) is 0 Å². The standard InChI is InChI=1S/C15H19F2N5O3S.ClH/c1-22-7-6-18-9-13(22)15-20-14(25-21-15)4-5-19-26(23,24)10-2-3-11(16)12(17)8-10;/h2-3,8,13,18-19H,4-7,9H2,1H3;1H. The maximum Gasteiger partial charge on any atom is 0.240 e. The molecule has 150 valence electrons. The van der Waals surface area contributed by atoms with Crippen LogP contribution < -0.4 is 10.0 Å². The Morgan fingerprint density at radius 2 is 2.15 bits per heavy atom. The number of rotatable bonds is 6. The van der Waals surface area contributed by atoms with E-state index in [0.29, 0.717) is 24.3 Å². The first-order valence-electron chi connectivity index (χ1n) is 8.05. The number of sulfonamides is 1. The molecule has 3 rings (SSSR count). The SMILES string of the molecule is CN1CCNCC1c1noc(CCNS(=O)(=O)c2ccc(F)c(F)c2)n1.Cl. The summed E-state index contributed by atoms with van der Waals surface area (Å²) >= 11 is 0. The van der Waals surface area contributed by atoms with Crippen LogP contribution in [-0.4, -0.2) is 56.7 Å². The summed E-state index contributed by atoms with van der Waals surface area (Å²) in [6, 6.07) is 2.40. The van der Waals surface area contributed by atoms with Crippen LogP contribution in [0.25, 0.3) is 0 Å². The van der Waals surface area contributed by atoms with Gasteiger partial charge in [-0.2, -0.15) is 4.98 Å². The summed E-state index contributed by atoms with van der Waals surface area (Å²) in [7, 11) is -1.99. The van der Waals surface area contributed by atoms with Crippen molar-refractivity contribution in [2.24, 2.45) is 0 Å². The van der Waals surface area contributed by atoms with Gasteiger partial charge in [0.25, 0.3) is 0 Å². The summed E-state index contributed by atoms with van der Waals surface area (Å²) in [6.45, 7) is 2.45. The number of nitrogens with zero attached hydrogens (tertiary/aromatic N) is 3. The molecule has 0 amide bonds. The molecule has 0 radical (unpaired) electrons. The molecular formula is C15H20ClF2N5O3S. The molecule has 12 heteroatoms. The molecule has 2 N–H and O–H groups in total. The number of nitrogens with one attached hydrogen (secondary N) is 2. The van der Waals surface area contributed by atoms with E-state index in [2.05, 4.69) is 25.1 Å². The third-order valence-corrected chi connectivity index (χ3v) is 5.58. The topological polar surface area (TPSA) is 100 Å². The predicted octanol–water partition coefficient (Wildman–Crippen LogP) is 0.867. The van der Waals surface area contributed by atoms with Gasteiger partial charge in [0.15, 0.2) is 17.5 Å². The van der Waals surface area contributed by atoms with Crippen molar-refractivity contribution in [1.29, 1.82) is 0 Å². The molecule has 1 aliphatic heterocycles. The first-order chi connectivity index (χ1) is 12.4. The van der Waals surface area contributed by atoms with Gasteiger partial charge in [-0.1, -0.05) is 5.16 Å². The first kappa shape index (κ1) is 21.6. The fourth-order valence-corrected chi connectivity index (χ4v) is 3.66. The van der Waals surface area contributed by atoms with Crippen molar-refractivity contribution in [3.8, 4) is 0 Å². The Balaban J connectivity index is 0.00000261. The van der Waals surface area contributed by atoms with Crippen LogP contribution in [0, 0.1) is 11.6 Å². The van der Waals surface area contributed by atoms with Crippen LogP contribution in [0.15, 0.2) is 27.6 Å². The highest BCUT2D eigenvalue weighted by molar-refractivity contribution is 7.89. The van der Waals surface area contributed by atoms with Gasteiger partial charge in [-0.05, 0) is 25.2 Å². The van der Waals surface area contributed by atoms with Gasteiger partial charge in [-0.3, -0.25) is 4.90 Å². The number of aromatic nitrogens is 2. The lowest BCUT2D eigenvalue weighted by Gasteiger charge is -2.30. The molecule has 1 saturated heterocycles. The molecule has 1 aliphatic rings. The molecular weight excluding hydrogens is 404 g/mol. The zero-order valence-corrected chi connectivity index (χ0v) is 16.1. The highest BCUT2D eigenvalue weighted by Gasteiger charge is 2.25. The van der Waals surface area contributed by atoms with Crippen molar-refractivity contribution in [1.82, 2.24) is 25.1 Å². The summed E-state index contributed by atoms with van der Waals surface area (Å²) in [6.07, 6.45) is 0.180. The van der Waals surface area contributed by atoms with Crippen LogP contribution in [0.2, 0.25) is 0 Å². The van der Waals surface area contributed by atoms with Crippen molar-refractivity contribution in [3.63, 3.8) is 0 Å². The Morgan fingerprint density at radius 3 is 2.85 bits per heavy atom. The Kier molecular flexibility index (Phi) is 7.23. The van der Waals surface area contributed by atoms with Gasteiger partial charge in [-0.15, -0.1) is 12.4 Å². The molecule has 1 aromatic carbocycles. The summed E-state index contributed by atoms with van der Waals surface area (Å²) in [5.41, 5.74) is 0. The van der Waals surface area contributed by atoms with Crippen LogP contribution in [0.1, 0.15) is 17.8 Å². The predicted molar refractivity (Wildman–Crippen MR) is 95.0 cm³/mol. The third kappa shape index (κ3) is 5.20.